The summed E-state index contributed by atoms with van der Waals surface area (Å²) in [5.41, 5.74) is 2.60. The van der Waals surface area contributed by atoms with Gasteiger partial charge in [-0.05, 0) is 30.7 Å². The van der Waals surface area contributed by atoms with E-state index >= 15 is 0 Å². The topological polar surface area (TPSA) is 37.4 Å². The number of carbonyl (C=O) groups is 2. The summed E-state index contributed by atoms with van der Waals surface area (Å²) in [4.78, 5) is 27.5. The molecule has 1 fully saturated rings. The number of likely N-dealkylation sites (tertiary alicyclic amines) is 1. The molecule has 0 saturated carbocycles. The Labute approximate surface area is 158 Å². The van der Waals surface area contributed by atoms with Gasteiger partial charge in [0.05, 0.1) is 0 Å². The van der Waals surface area contributed by atoms with E-state index in [2.05, 4.69) is 24.3 Å². The zero-order valence-electron chi connectivity index (χ0n) is 14.5. The molecule has 0 radical (unpaired) electrons. The Morgan fingerprint density at radius 3 is 2.08 bits per heavy atom. The maximum absolute atomic E-state index is 12.9. The van der Waals surface area contributed by atoms with Gasteiger partial charge in [-0.1, -0.05) is 66.2 Å². The molecule has 2 aromatic rings. The van der Waals surface area contributed by atoms with Crippen molar-refractivity contribution in [3.63, 3.8) is 0 Å². The third kappa shape index (κ3) is 3.08. The van der Waals surface area contributed by atoms with Crippen molar-refractivity contribution >= 4 is 23.2 Å². The van der Waals surface area contributed by atoms with Crippen molar-refractivity contribution in [3.8, 4) is 0 Å². The molecular weight excluding hydrogens is 346 g/mol. The second kappa shape index (κ2) is 7.08. The van der Waals surface area contributed by atoms with E-state index < -0.39 is 0 Å². The molecule has 1 aliphatic heterocycles. The summed E-state index contributed by atoms with van der Waals surface area (Å²) in [6.45, 7) is 1.51. The molecule has 2 aromatic carbocycles. The van der Waals surface area contributed by atoms with E-state index in [0.717, 1.165) is 32.4 Å². The molecule has 4 rings (SSSR count). The van der Waals surface area contributed by atoms with Crippen LogP contribution in [0.1, 0.15) is 39.1 Å². The summed E-state index contributed by atoms with van der Waals surface area (Å²) in [6, 6.07) is 17.4. The predicted octanol–water partition coefficient (Wildman–Crippen LogP) is 4.47. The van der Waals surface area contributed by atoms with E-state index in [9.17, 15) is 9.59 Å². The van der Waals surface area contributed by atoms with Crippen LogP contribution in [0, 0.1) is 5.92 Å². The minimum absolute atomic E-state index is 0.0650. The van der Waals surface area contributed by atoms with Gasteiger partial charge in [-0.2, -0.15) is 0 Å². The number of nitrogens with zero attached hydrogens (tertiary/aromatic N) is 1. The van der Waals surface area contributed by atoms with Crippen molar-refractivity contribution in [1.29, 1.82) is 0 Å². The average Bonchev–Trinajstić information content (AvgIpc) is 2.68. The molecule has 1 saturated heterocycles. The van der Waals surface area contributed by atoms with Gasteiger partial charge < -0.3 is 4.90 Å². The number of hydrogen-bond acceptors (Lipinski definition) is 3. The van der Waals surface area contributed by atoms with Crippen LogP contribution < -0.4 is 0 Å². The van der Waals surface area contributed by atoms with Gasteiger partial charge in [0.1, 0.15) is 10.7 Å². The van der Waals surface area contributed by atoms with Crippen LogP contribution in [0.4, 0.5) is 0 Å². The third-order valence-corrected chi connectivity index (χ3v) is 5.69. The minimum atomic E-state index is -0.247. The summed E-state index contributed by atoms with van der Waals surface area (Å²) in [7, 11) is 0. The predicted molar refractivity (Wildman–Crippen MR) is 102 cm³/mol. The Kier molecular flexibility index (Phi) is 4.64. The number of hydrogen-bond donors (Lipinski definition) is 0. The molecule has 26 heavy (non-hydrogen) atoms. The SMILES string of the molecule is O=C1C(Cl)=C(N2CCC(Cc3ccccc3)CC2)C(=O)c2ccccc21. The zero-order valence-corrected chi connectivity index (χ0v) is 15.2. The molecule has 1 heterocycles. The Morgan fingerprint density at radius 1 is 0.846 bits per heavy atom. The summed E-state index contributed by atoms with van der Waals surface area (Å²) in [6.07, 6.45) is 3.04. The Bertz CT molecular complexity index is 880. The molecule has 0 N–H and O–H groups in total. The number of halogens is 1. The molecule has 0 amide bonds. The first-order valence-electron chi connectivity index (χ1n) is 9.02. The Hall–Kier alpha value is -2.39. The maximum Gasteiger partial charge on any atom is 0.211 e. The highest BCUT2D eigenvalue weighted by Gasteiger charge is 2.35. The van der Waals surface area contributed by atoms with Crippen LogP contribution in [0.2, 0.25) is 0 Å². The lowest BCUT2D eigenvalue weighted by molar-refractivity contribution is 0.0931. The zero-order chi connectivity index (χ0) is 18.1. The number of fused-ring (bicyclic) bond motifs is 1. The fraction of sp³-hybridized carbons (Fsp3) is 0.273. The minimum Gasteiger partial charge on any atom is -0.367 e. The quantitative estimate of drug-likeness (QED) is 0.805. The fourth-order valence-corrected chi connectivity index (χ4v) is 4.23. The van der Waals surface area contributed by atoms with Crippen molar-refractivity contribution in [2.24, 2.45) is 5.92 Å². The summed E-state index contributed by atoms with van der Waals surface area (Å²) < 4.78 is 0. The number of piperidine rings is 1. The van der Waals surface area contributed by atoms with E-state index in [1.54, 1.807) is 24.3 Å². The molecule has 132 valence electrons. The third-order valence-electron chi connectivity index (χ3n) is 5.34. The first-order chi connectivity index (χ1) is 12.6. The molecule has 3 nitrogen and oxygen atoms in total. The van der Waals surface area contributed by atoms with Crippen molar-refractivity contribution in [1.82, 2.24) is 4.90 Å². The van der Waals surface area contributed by atoms with Gasteiger partial charge in [0, 0.05) is 24.2 Å². The highest BCUT2D eigenvalue weighted by molar-refractivity contribution is 6.49. The number of ketones is 2. The average molecular weight is 366 g/mol. The van der Waals surface area contributed by atoms with E-state index in [1.165, 1.54) is 5.56 Å². The molecule has 0 spiro atoms. The highest BCUT2D eigenvalue weighted by Crippen LogP contribution is 2.33. The second-order valence-corrected chi connectivity index (χ2v) is 7.36. The van der Waals surface area contributed by atoms with Crippen LogP contribution in [0.3, 0.4) is 0 Å². The van der Waals surface area contributed by atoms with Gasteiger partial charge in [0.25, 0.3) is 0 Å². The number of carbonyl (C=O) groups excluding carboxylic acids is 2. The van der Waals surface area contributed by atoms with Crippen molar-refractivity contribution in [2.75, 3.05) is 13.1 Å². The van der Waals surface area contributed by atoms with Gasteiger partial charge in [-0.15, -0.1) is 0 Å². The number of allylic oxidation sites excluding steroid dienone is 2. The summed E-state index contributed by atoms with van der Waals surface area (Å²) in [5.74, 6) is 0.213. The van der Waals surface area contributed by atoms with E-state index in [0.29, 0.717) is 22.7 Å². The molecule has 0 unspecified atom stereocenters. The van der Waals surface area contributed by atoms with Gasteiger partial charge >= 0.3 is 0 Å². The largest absolute Gasteiger partial charge is 0.367 e. The molecule has 0 atom stereocenters. The molecule has 1 aliphatic carbocycles. The van der Waals surface area contributed by atoms with Gasteiger partial charge in [0.15, 0.2) is 0 Å². The molecule has 0 aromatic heterocycles. The standard InChI is InChI=1S/C22H20ClNO2/c23-19-20(22(26)18-9-5-4-8-17(18)21(19)25)24-12-10-16(11-13-24)14-15-6-2-1-3-7-15/h1-9,16H,10-14H2. The van der Waals surface area contributed by atoms with Crippen LogP contribution in [-0.2, 0) is 6.42 Å². The van der Waals surface area contributed by atoms with Crippen LogP contribution in [0.5, 0.6) is 0 Å². The lowest BCUT2D eigenvalue weighted by Crippen LogP contribution is -2.39. The number of benzene rings is 2. The maximum atomic E-state index is 12.9. The fourth-order valence-electron chi connectivity index (χ4n) is 3.92. The van der Waals surface area contributed by atoms with E-state index in [1.807, 2.05) is 11.0 Å². The number of Topliss-reactive ketones (excluding diaryl/α,β-unsaturated/α-hetero) is 2. The van der Waals surface area contributed by atoms with Gasteiger partial charge in [-0.3, -0.25) is 9.59 Å². The molecular formula is C22H20ClNO2. The van der Waals surface area contributed by atoms with Crippen molar-refractivity contribution < 1.29 is 9.59 Å². The molecule has 0 bridgehead atoms. The first kappa shape index (κ1) is 17.0. The number of rotatable bonds is 3. The van der Waals surface area contributed by atoms with Crippen LogP contribution in [0.25, 0.3) is 0 Å². The molecule has 2 aliphatic rings. The van der Waals surface area contributed by atoms with E-state index in [-0.39, 0.29) is 16.6 Å². The van der Waals surface area contributed by atoms with Gasteiger partial charge in [-0.25, -0.2) is 0 Å². The Balaban J connectivity index is 1.50. The first-order valence-corrected chi connectivity index (χ1v) is 9.40. The normalized spacial score (nSPS) is 18.3. The van der Waals surface area contributed by atoms with Crippen molar-refractivity contribution in [2.45, 2.75) is 19.3 Å². The molecule has 4 heteroatoms. The monoisotopic (exact) mass is 365 g/mol. The van der Waals surface area contributed by atoms with Crippen LogP contribution in [0.15, 0.2) is 65.3 Å². The van der Waals surface area contributed by atoms with Crippen LogP contribution in [-0.4, -0.2) is 29.6 Å². The smallest absolute Gasteiger partial charge is 0.211 e. The summed E-state index contributed by atoms with van der Waals surface area (Å²) in [5, 5.41) is 0.0650. The summed E-state index contributed by atoms with van der Waals surface area (Å²) >= 11 is 6.32. The second-order valence-electron chi connectivity index (χ2n) is 6.99. The Morgan fingerprint density at radius 2 is 1.42 bits per heavy atom. The van der Waals surface area contributed by atoms with Gasteiger partial charge in [0.2, 0.25) is 11.6 Å². The van der Waals surface area contributed by atoms with Crippen LogP contribution >= 0.6 is 11.6 Å². The van der Waals surface area contributed by atoms with E-state index in [4.69, 9.17) is 11.6 Å². The lowest BCUT2D eigenvalue weighted by atomic mass is 9.87. The lowest BCUT2D eigenvalue weighted by Gasteiger charge is -2.36. The highest BCUT2D eigenvalue weighted by atomic mass is 35.5. The van der Waals surface area contributed by atoms with Crippen molar-refractivity contribution in [3.05, 3.63) is 82.0 Å².